The third kappa shape index (κ3) is 3.03. The van der Waals surface area contributed by atoms with E-state index < -0.39 is 0 Å². The third-order valence-corrected chi connectivity index (χ3v) is 5.81. The molecule has 0 unspecified atom stereocenters. The summed E-state index contributed by atoms with van der Waals surface area (Å²) in [6, 6.07) is 25.5. The Hall–Kier alpha value is -2.10. The number of fused-ring (bicyclic) bond motifs is 1. The second kappa shape index (κ2) is 6.19. The van der Waals surface area contributed by atoms with Crippen molar-refractivity contribution in [2.75, 3.05) is 0 Å². The Labute approximate surface area is 144 Å². The smallest absolute Gasteiger partial charge is 0.125 e. The molecule has 0 spiro atoms. The van der Waals surface area contributed by atoms with Crippen molar-refractivity contribution in [3.05, 3.63) is 78.4 Å². The zero-order valence-electron chi connectivity index (χ0n) is 12.7. The zero-order chi connectivity index (χ0) is 15.6. The molecule has 3 heteroatoms. The van der Waals surface area contributed by atoms with Gasteiger partial charge in [-0.05, 0) is 37.3 Å². The van der Waals surface area contributed by atoms with Gasteiger partial charge in [0, 0.05) is 15.4 Å². The maximum atomic E-state index is 4.80. The minimum Gasteiger partial charge on any atom is -0.236 e. The Kier molecular flexibility index (Phi) is 3.90. The highest BCUT2D eigenvalue weighted by atomic mass is 32.2. The fourth-order valence-electron chi connectivity index (χ4n) is 2.45. The number of nitrogens with zero attached hydrogens (tertiary/aromatic N) is 1. The zero-order valence-corrected chi connectivity index (χ0v) is 14.3. The van der Waals surface area contributed by atoms with Crippen LogP contribution in [0.2, 0.25) is 0 Å². The fraction of sp³-hybridized carbons (Fsp3) is 0.0500. The lowest BCUT2D eigenvalue weighted by Crippen LogP contribution is -1.82. The molecule has 1 heterocycles. The molecule has 4 aromatic rings. The molecular formula is C20H15NS2. The highest BCUT2D eigenvalue weighted by molar-refractivity contribution is 7.99. The van der Waals surface area contributed by atoms with Crippen LogP contribution in [0.3, 0.4) is 0 Å². The van der Waals surface area contributed by atoms with Crippen molar-refractivity contribution < 1.29 is 0 Å². The fourth-order valence-corrected chi connectivity index (χ4v) is 4.47. The maximum absolute atomic E-state index is 4.80. The summed E-state index contributed by atoms with van der Waals surface area (Å²) < 4.78 is 1.23. The summed E-state index contributed by atoms with van der Waals surface area (Å²) in [5.74, 6) is 0. The van der Waals surface area contributed by atoms with E-state index in [4.69, 9.17) is 4.98 Å². The Bertz CT molecular complexity index is 922. The molecule has 0 fully saturated rings. The number of rotatable bonds is 3. The number of hydrogen-bond donors (Lipinski definition) is 0. The van der Waals surface area contributed by atoms with Gasteiger partial charge in [0.25, 0.3) is 0 Å². The topological polar surface area (TPSA) is 12.9 Å². The first-order chi connectivity index (χ1) is 11.3. The number of benzene rings is 3. The van der Waals surface area contributed by atoms with E-state index in [1.807, 2.05) is 6.07 Å². The van der Waals surface area contributed by atoms with Gasteiger partial charge in [0.2, 0.25) is 0 Å². The van der Waals surface area contributed by atoms with Crippen molar-refractivity contribution in [3.63, 3.8) is 0 Å². The molecule has 1 aromatic heterocycles. The lowest BCUT2D eigenvalue weighted by atomic mass is 10.2. The summed E-state index contributed by atoms with van der Waals surface area (Å²) in [7, 11) is 0. The molecule has 0 amide bonds. The minimum absolute atomic E-state index is 1.07. The van der Waals surface area contributed by atoms with Gasteiger partial charge in [0.15, 0.2) is 0 Å². The van der Waals surface area contributed by atoms with Crippen LogP contribution in [0, 0.1) is 6.92 Å². The van der Waals surface area contributed by atoms with E-state index in [0.717, 1.165) is 10.5 Å². The number of aryl methyl sites for hydroxylation is 1. The van der Waals surface area contributed by atoms with Crippen molar-refractivity contribution in [1.82, 2.24) is 4.98 Å². The predicted octanol–water partition coefficient (Wildman–Crippen LogP) is 6.42. The molecule has 0 radical (unpaired) electrons. The molecule has 3 aromatic carbocycles. The van der Waals surface area contributed by atoms with Crippen LogP contribution in [0.4, 0.5) is 0 Å². The summed E-state index contributed by atoms with van der Waals surface area (Å²) in [4.78, 5) is 7.30. The van der Waals surface area contributed by atoms with Crippen LogP contribution in [0.5, 0.6) is 0 Å². The summed E-state index contributed by atoms with van der Waals surface area (Å²) in [6.07, 6.45) is 0. The van der Waals surface area contributed by atoms with Crippen molar-refractivity contribution in [3.8, 4) is 10.6 Å². The largest absolute Gasteiger partial charge is 0.236 e. The van der Waals surface area contributed by atoms with Crippen molar-refractivity contribution in [2.45, 2.75) is 16.7 Å². The summed E-state index contributed by atoms with van der Waals surface area (Å²) in [6.45, 7) is 2.11. The molecular weight excluding hydrogens is 318 g/mol. The van der Waals surface area contributed by atoms with Gasteiger partial charge in [0.05, 0.1) is 10.2 Å². The lowest BCUT2D eigenvalue weighted by molar-refractivity contribution is 1.35. The molecule has 0 aliphatic rings. The van der Waals surface area contributed by atoms with Crippen LogP contribution in [0.1, 0.15) is 5.56 Å². The van der Waals surface area contributed by atoms with Gasteiger partial charge in [0.1, 0.15) is 5.01 Å². The molecule has 0 bridgehead atoms. The molecule has 1 nitrogen and oxygen atoms in total. The second-order valence-electron chi connectivity index (χ2n) is 5.40. The molecule has 0 saturated heterocycles. The van der Waals surface area contributed by atoms with Gasteiger partial charge in [-0.1, -0.05) is 59.8 Å². The van der Waals surface area contributed by atoms with Crippen LogP contribution in [0.25, 0.3) is 20.8 Å². The van der Waals surface area contributed by atoms with Gasteiger partial charge in [-0.2, -0.15) is 0 Å². The Morgan fingerprint density at radius 1 is 0.826 bits per heavy atom. The molecule has 0 N–H and O–H groups in total. The average molecular weight is 333 g/mol. The summed E-state index contributed by atoms with van der Waals surface area (Å²) in [5, 5.41) is 1.08. The van der Waals surface area contributed by atoms with Gasteiger partial charge in [-0.25, -0.2) is 4.98 Å². The van der Waals surface area contributed by atoms with Gasteiger partial charge in [-0.3, -0.25) is 0 Å². The number of aromatic nitrogens is 1. The molecule has 23 heavy (non-hydrogen) atoms. The van der Waals surface area contributed by atoms with Crippen LogP contribution in [-0.2, 0) is 0 Å². The molecule has 0 atom stereocenters. The molecule has 0 aliphatic carbocycles. The van der Waals surface area contributed by atoms with E-state index in [1.54, 1.807) is 23.1 Å². The molecule has 0 aliphatic heterocycles. The van der Waals surface area contributed by atoms with Gasteiger partial charge < -0.3 is 0 Å². The van der Waals surface area contributed by atoms with Crippen molar-refractivity contribution in [1.29, 1.82) is 0 Å². The van der Waals surface area contributed by atoms with Crippen molar-refractivity contribution in [2.24, 2.45) is 0 Å². The first kappa shape index (κ1) is 14.5. The normalized spacial score (nSPS) is 11.0. The number of hydrogen-bond acceptors (Lipinski definition) is 3. The molecule has 112 valence electrons. The quantitative estimate of drug-likeness (QED) is 0.429. The maximum Gasteiger partial charge on any atom is 0.125 e. The van der Waals surface area contributed by atoms with E-state index in [-0.39, 0.29) is 0 Å². The van der Waals surface area contributed by atoms with Crippen LogP contribution >= 0.6 is 23.1 Å². The standard InChI is InChI=1S/C20H15NS2/c1-14-10-12-15(13-11-14)22-18-8-4-2-6-16(18)20-21-17-7-3-5-9-19(17)23-20/h2-13H,1H3. The van der Waals surface area contributed by atoms with Crippen LogP contribution in [0.15, 0.2) is 82.6 Å². The van der Waals surface area contributed by atoms with E-state index in [2.05, 4.69) is 73.7 Å². The molecule has 0 saturated carbocycles. The van der Waals surface area contributed by atoms with E-state index >= 15 is 0 Å². The van der Waals surface area contributed by atoms with Gasteiger partial charge >= 0.3 is 0 Å². The molecule has 4 rings (SSSR count). The average Bonchev–Trinajstić information content (AvgIpc) is 3.01. The first-order valence-electron chi connectivity index (χ1n) is 7.49. The van der Waals surface area contributed by atoms with Crippen molar-refractivity contribution >= 4 is 33.3 Å². The Morgan fingerprint density at radius 3 is 2.39 bits per heavy atom. The van der Waals surface area contributed by atoms with Crippen LogP contribution in [-0.4, -0.2) is 4.98 Å². The summed E-state index contributed by atoms with van der Waals surface area (Å²) in [5.41, 5.74) is 3.57. The highest BCUT2D eigenvalue weighted by Crippen LogP contribution is 2.38. The minimum atomic E-state index is 1.07. The first-order valence-corrected chi connectivity index (χ1v) is 9.12. The number of thiazole rings is 1. The SMILES string of the molecule is Cc1ccc(Sc2ccccc2-c2nc3ccccc3s2)cc1. The third-order valence-electron chi connectivity index (χ3n) is 3.66. The second-order valence-corrected chi connectivity index (χ2v) is 7.54. The Morgan fingerprint density at radius 2 is 1.57 bits per heavy atom. The van der Waals surface area contributed by atoms with E-state index in [9.17, 15) is 0 Å². The lowest BCUT2D eigenvalue weighted by Gasteiger charge is -2.07. The highest BCUT2D eigenvalue weighted by Gasteiger charge is 2.11. The number of para-hydroxylation sites is 1. The van der Waals surface area contributed by atoms with E-state index in [1.165, 1.54) is 25.6 Å². The predicted molar refractivity (Wildman–Crippen MR) is 100 cm³/mol. The monoisotopic (exact) mass is 333 g/mol. The van der Waals surface area contributed by atoms with Crippen LogP contribution < -0.4 is 0 Å². The Balaban J connectivity index is 1.75. The van der Waals surface area contributed by atoms with Gasteiger partial charge in [-0.15, -0.1) is 11.3 Å². The summed E-state index contributed by atoms with van der Waals surface area (Å²) >= 11 is 3.55. The van der Waals surface area contributed by atoms with E-state index in [0.29, 0.717) is 0 Å².